The van der Waals surface area contributed by atoms with E-state index >= 15 is 0 Å². The van der Waals surface area contributed by atoms with Crippen molar-refractivity contribution in [2.24, 2.45) is 0 Å². The van der Waals surface area contributed by atoms with E-state index in [1.807, 2.05) is 13.0 Å². The SMILES string of the molecule is CCOC(=O)c1ccc(N2C(=O)CC(N(CC(OC)OC)C(=O)c3cccc(C)c3)C2=O)cc1. The molecule has 1 unspecified atom stereocenters. The van der Waals surface area contributed by atoms with E-state index in [4.69, 9.17) is 14.2 Å². The predicted octanol–water partition coefficient (Wildman–Crippen LogP) is 2.56. The molecule has 1 aliphatic rings. The largest absolute Gasteiger partial charge is 0.462 e. The lowest BCUT2D eigenvalue weighted by molar-refractivity contribution is -0.128. The number of carbonyl (C=O) groups excluding carboxylic acids is 4. The van der Waals surface area contributed by atoms with Gasteiger partial charge in [-0.1, -0.05) is 17.7 Å². The Labute approximate surface area is 198 Å². The molecule has 2 aromatic rings. The average molecular weight is 469 g/mol. The van der Waals surface area contributed by atoms with E-state index in [1.54, 1.807) is 25.1 Å². The first-order chi connectivity index (χ1) is 16.3. The van der Waals surface area contributed by atoms with E-state index in [0.29, 0.717) is 16.8 Å². The number of anilines is 1. The molecule has 1 fully saturated rings. The van der Waals surface area contributed by atoms with Gasteiger partial charge in [-0.05, 0) is 50.2 Å². The van der Waals surface area contributed by atoms with Crippen LogP contribution >= 0.6 is 0 Å². The molecular weight excluding hydrogens is 440 g/mol. The number of nitrogens with zero attached hydrogens (tertiary/aromatic N) is 2. The summed E-state index contributed by atoms with van der Waals surface area (Å²) < 4.78 is 15.5. The number of benzene rings is 2. The van der Waals surface area contributed by atoms with Gasteiger partial charge in [0.05, 0.1) is 30.8 Å². The zero-order valence-electron chi connectivity index (χ0n) is 19.6. The molecule has 1 atom stereocenters. The molecule has 0 aromatic heterocycles. The van der Waals surface area contributed by atoms with Gasteiger partial charge in [0.15, 0.2) is 6.29 Å². The highest BCUT2D eigenvalue weighted by atomic mass is 16.7. The minimum atomic E-state index is -1.03. The molecule has 3 rings (SSSR count). The number of amides is 3. The second kappa shape index (κ2) is 11.0. The van der Waals surface area contributed by atoms with Gasteiger partial charge in [0.1, 0.15) is 6.04 Å². The van der Waals surface area contributed by atoms with E-state index in [0.717, 1.165) is 10.5 Å². The lowest BCUT2D eigenvalue weighted by Crippen LogP contribution is -2.49. The van der Waals surface area contributed by atoms with Gasteiger partial charge in [0.2, 0.25) is 5.91 Å². The molecule has 180 valence electrons. The van der Waals surface area contributed by atoms with E-state index in [1.165, 1.54) is 43.4 Å². The third kappa shape index (κ3) is 5.32. The van der Waals surface area contributed by atoms with Crippen molar-refractivity contribution in [3.05, 3.63) is 65.2 Å². The Kier molecular flexibility index (Phi) is 8.14. The van der Waals surface area contributed by atoms with Crippen LogP contribution in [0.2, 0.25) is 0 Å². The van der Waals surface area contributed by atoms with Crippen LogP contribution in [0.3, 0.4) is 0 Å². The molecular formula is C25H28N2O7. The first kappa shape index (κ1) is 25.1. The number of esters is 1. The topological polar surface area (TPSA) is 102 Å². The number of ether oxygens (including phenoxy) is 3. The summed E-state index contributed by atoms with van der Waals surface area (Å²) in [6.45, 7) is 3.76. The molecule has 0 aliphatic carbocycles. The van der Waals surface area contributed by atoms with Crippen LogP contribution < -0.4 is 4.90 Å². The van der Waals surface area contributed by atoms with Gasteiger partial charge < -0.3 is 19.1 Å². The first-order valence-corrected chi connectivity index (χ1v) is 10.9. The molecule has 0 spiro atoms. The summed E-state index contributed by atoms with van der Waals surface area (Å²) in [4.78, 5) is 53.9. The molecule has 0 saturated carbocycles. The highest BCUT2D eigenvalue weighted by Crippen LogP contribution is 2.27. The standard InChI is InChI=1S/C25H28N2O7/c1-5-34-25(31)17-9-11-19(12-10-17)27-21(28)14-20(24(27)30)26(15-22(32-3)33-4)23(29)18-8-6-7-16(2)13-18/h6-13,20,22H,5,14-15H2,1-4H3. The summed E-state index contributed by atoms with van der Waals surface area (Å²) in [5, 5.41) is 0. The van der Waals surface area contributed by atoms with Crippen molar-refractivity contribution in [3.63, 3.8) is 0 Å². The molecule has 1 saturated heterocycles. The molecule has 1 aliphatic heterocycles. The van der Waals surface area contributed by atoms with Crippen LogP contribution in [-0.2, 0) is 23.8 Å². The zero-order chi connectivity index (χ0) is 24.8. The Morgan fingerprint density at radius 2 is 1.74 bits per heavy atom. The van der Waals surface area contributed by atoms with Crippen LogP contribution in [0.15, 0.2) is 48.5 Å². The van der Waals surface area contributed by atoms with Crippen LogP contribution in [0.4, 0.5) is 5.69 Å². The fourth-order valence-corrected chi connectivity index (χ4v) is 3.79. The molecule has 0 bridgehead atoms. The van der Waals surface area contributed by atoms with Gasteiger partial charge in [-0.3, -0.25) is 14.4 Å². The van der Waals surface area contributed by atoms with Crippen molar-refractivity contribution >= 4 is 29.4 Å². The molecule has 0 radical (unpaired) electrons. The predicted molar refractivity (Wildman–Crippen MR) is 123 cm³/mol. The van der Waals surface area contributed by atoms with E-state index in [2.05, 4.69) is 0 Å². The number of imide groups is 1. The maximum atomic E-state index is 13.4. The normalized spacial score (nSPS) is 15.7. The fourth-order valence-electron chi connectivity index (χ4n) is 3.79. The zero-order valence-corrected chi connectivity index (χ0v) is 19.6. The summed E-state index contributed by atoms with van der Waals surface area (Å²) in [7, 11) is 2.87. The lowest BCUT2D eigenvalue weighted by atomic mass is 10.1. The van der Waals surface area contributed by atoms with Crippen molar-refractivity contribution in [2.75, 3.05) is 32.3 Å². The first-order valence-electron chi connectivity index (χ1n) is 10.9. The number of methoxy groups -OCH3 is 2. The van der Waals surface area contributed by atoms with Gasteiger partial charge in [-0.2, -0.15) is 0 Å². The highest BCUT2D eigenvalue weighted by Gasteiger charge is 2.45. The second-order valence-corrected chi connectivity index (χ2v) is 7.78. The van der Waals surface area contributed by atoms with Crippen molar-refractivity contribution in [2.45, 2.75) is 32.6 Å². The summed E-state index contributed by atoms with van der Waals surface area (Å²) in [5.41, 5.74) is 1.89. The summed E-state index contributed by atoms with van der Waals surface area (Å²) in [5.74, 6) is -1.90. The maximum Gasteiger partial charge on any atom is 0.338 e. The van der Waals surface area contributed by atoms with Crippen molar-refractivity contribution in [1.29, 1.82) is 0 Å². The van der Waals surface area contributed by atoms with Crippen molar-refractivity contribution < 1.29 is 33.4 Å². The maximum absolute atomic E-state index is 13.4. The number of aryl methyl sites for hydroxylation is 1. The van der Waals surface area contributed by atoms with Gasteiger partial charge >= 0.3 is 5.97 Å². The smallest absolute Gasteiger partial charge is 0.338 e. The quantitative estimate of drug-likeness (QED) is 0.317. The molecule has 9 nitrogen and oxygen atoms in total. The second-order valence-electron chi connectivity index (χ2n) is 7.78. The van der Waals surface area contributed by atoms with Crippen LogP contribution in [0, 0.1) is 6.92 Å². The van der Waals surface area contributed by atoms with Crippen LogP contribution in [-0.4, -0.2) is 68.3 Å². The van der Waals surface area contributed by atoms with Gasteiger partial charge in [0.25, 0.3) is 11.8 Å². The summed E-state index contributed by atoms with van der Waals surface area (Å²) in [6, 6.07) is 11.9. The Hall–Kier alpha value is -3.56. The van der Waals surface area contributed by atoms with Crippen LogP contribution in [0.1, 0.15) is 39.6 Å². The molecule has 0 N–H and O–H groups in total. The van der Waals surface area contributed by atoms with E-state index < -0.39 is 36.0 Å². The average Bonchev–Trinajstić information content (AvgIpc) is 3.13. The highest BCUT2D eigenvalue weighted by molar-refractivity contribution is 6.23. The summed E-state index contributed by atoms with van der Waals surface area (Å²) >= 11 is 0. The monoisotopic (exact) mass is 468 g/mol. The van der Waals surface area contributed by atoms with Gasteiger partial charge in [-0.25, -0.2) is 9.69 Å². The molecule has 34 heavy (non-hydrogen) atoms. The van der Waals surface area contributed by atoms with E-state index in [9.17, 15) is 19.2 Å². The third-order valence-corrected chi connectivity index (χ3v) is 5.53. The molecule has 1 heterocycles. The van der Waals surface area contributed by atoms with Gasteiger partial charge in [-0.15, -0.1) is 0 Å². The molecule has 9 heteroatoms. The number of hydrogen-bond acceptors (Lipinski definition) is 7. The minimum Gasteiger partial charge on any atom is -0.462 e. The summed E-state index contributed by atoms with van der Waals surface area (Å²) in [6.07, 6.45) is -0.967. The van der Waals surface area contributed by atoms with Crippen LogP contribution in [0.25, 0.3) is 0 Å². The Balaban J connectivity index is 1.90. The lowest BCUT2D eigenvalue weighted by Gasteiger charge is -2.30. The van der Waals surface area contributed by atoms with Crippen molar-refractivity contribution in [3.8, 4) is 0 Å². The molecule has 3 amide bonds. The van der Waals surface area contributed by atoms with Crippen molar-refractivity contribution in [1.82, 2.24) is 4.90 Å². The van der Waals surface area contributed by atoms with E-state index in [-0.39, 0.29) is 19.6 Å². The Morgan fingerprint density at radius 1 is 1.06 bits per heavy atom. The Morgan fingerprint density at radius 3 is 2.32 bits per heavy atom. The fraction of sp³-hybridized carbons (Fsp3) is 0.360. The molecule has 2 aromatic carbocycles. The number of hydrogen-bond donors (Lipinski definition) is 0. The van der Waals surface area contributed by atoms with Crippen LogP contribution in [0.5, 0.6) is 0 Å². The third-order valence-electron chi connectivity index (χ3n) is 5.53. The Bertz CT molecular complexity index is 1060. The van der Waals surface area contributed by atoms with Gasteiger partial charge in [0, 0.05) is 19.8 Å². The number of rotatable bonds is 9. The number of carbonyl (C=O) groups is 4. The minimum absolute atomic E-state index is 0.0426.